The number of primary amides is 1. The first-order valence-corrected chi connectivity index (χ1v) is 37.9. The zero-order valence-corrected chi connectivity index (χ0v) is 65.1. The first-order valence-electron chi connectivity index (χ1n) is 36.8. The monoisotopic (exact) mass is 1670 g/mol. The van der Waals surface area contributed by atoms with E-state index in [2.05, 4.69) is 52.6 Å². The molecule has 0 aromatic heterocycles. The third-order valence-electron chi connectivity index (χ3n) is 20.7. The van der Waals surface area contributed by atoms with Crippen LogP contribution in [0.3, 0.4) is 0 Å². The molecule has 618 valence electrons. The second-order valence-corrected chi connectivity index (χ2v) is 30.7. The average Bonchev–Trinajstić information content (AvgIpc) is 0.766. The van der Waals surface area contributed by atoms with Crippen LogP contribution in [-0.2, 0) is 59.1 Å². The number of benzene rings is 7. The number of aliphatic hydroxyl groups is 5. The Hall–Kier alpha value is -11.1. The number of nitrogens with one attached hydrogen (secondary N) is 8. The van der Waals surface area contributed by atoms with Crippen molar-refractivity contribution in [3.8, 4) is 68.2 Å². The molecule has 11 unspecified atom stereocenters. The Labute approximate surface area is 681 Å². The maximum Gasteiger partial charge on any atom is 0.330 e. The first-order chi connectivity index (χ1) is 55.6. The third-order valence-corrected chi connectivity index (χ3v) is 21.5. The number of aliphatic hydroxyl groups excluding tert-OH is 5. The van der Waals surface area contributed by atoms with Crippen molar-refractivity contribution in [2.45, 2.75) is 163 Å². The van der Waals surface area contributed by atoms with Crippen LogP contribution >= 0.6 is 34.8 Å². The van der Waals surface area contributed by atoms with Gasteiger partial charge >= 0.3 is 5.97 Å². The van der Waals surface area contributed by atoms with Crippen LogP contribution in [0.1, 0.15) is 111 Å². The van der Waals surface area contributed by atoms with E-state index in [-0.39, 0.29) is 52.8 Å². The van der Waals surface area contributed by atoms with E-state index in [4.69, 9.17) is 69.0 Å². The topological polar surface area (TPSA) is 545 Å². The fourth-order valence-corrected chi connectivity index (χ4v) is 15.1. The zero-order chi connectivity index (χ0) is 84.3. The number of carboxylic acids is 1. The van der Waals surface area contributed by atoms with Crippen LogP contribution in [0.5, 0.6) is 46.0 Å². The Morgan fingerprint density at radius 1 is 0.692 bits per heavy atom. The highest BCUT2D eigenvalue weighted by molar-refractivity contribution is 6.32. The van der Waals surface area contributed by atoms with Crippen molar-refractivity contribution in [2.75, 3.05) is 13.6 Å². The number of aliphatic carboxylic acids is 1. The summed E-state index contributed by atoms with van der Waals surface area (Å²) >= 11 is 20.5. The fraction of sp³-hybridized carbons (Fsp3) is 0.367. The number of amides is 7. The zero-order valence-electron chi connectivity index (χ0n) is 62.8. The molecule has 14 rings (SSSR count). The van der Waals surface area contributed by atoms with Gasteiger partial charge in [-0.15, -0.1) is 0 Å². The van der Waals surface area contributed by atoms with Gasteiger partial charge in [0.15, 0.2) is 29.9 Å². The van der Waals surface area contributed by atoms with Gasteiger partial charge in [0.1, 0.15) is 83.4 Å². The van der Waals surface area contributed by atoms with Crippen molar-refractivity contribution >= 4 is 82.1 Å². The number of nitrogens with two attached hydrogens (primary N) is 1. The molecule has 7 aromatic rings. The summed E-state index contributed by atoms with van der Waals surface area (Å²) in [7, 11) is 1.47. The van der Waals surface area contributed by atoms with Gasteiger partial charge in [-0.25, -0.2) is 4.79 Å². The molecule has 7 aliphatic rings. The van der Waals surface area contributed by atoms with Crippen molar-refractivity contribution in [1.82, 2.24) is 42.5 Å². The van der Waals surface area contributed by atoms with Crippen LogP contribution < -0.4 is 62.5 Å². The second-order valence-electron chi connectivity index (χ2n) is 29.4. The smallest absolute Gasteiger partial charge is 0.330 e. The number of halogens is 3. The van der Waals surface area contributed by atoms with Crippen LogP contribution in [0.15, 0.2) is 133 Å². The largest absolute Gasteiger partial charge is 0.508 e. The summed E-state index contributed by atoms with van der Waals surface area (Å²) in [5, 5.41) is 130. The fourth-order valence-electron chi connectivity index (χ4n) is 14.5. The van der Waals surface area contributed by atoms with E-state index in [0.29, 0.717) is 5.02 Å². The number of fused-ring (bicyclic) bond motifs is 15. The Morgan fingerprint density at radius 3 is 1.91 bits per heavy atom. The molecule has 7 amide bonds. The molecule has 0 aliphatic carbocycles. The van der Waals surface area contributed by atoms with Gasteiger partial charge in [0.05, 0.1) is 47.4 Å². The van der Waals surface area contributed by atoms with Gasteiger partial charge < -0.3 is 123 Å². The molecular weight excluding hydrogens is 1590 g/mol. The lowest BCUT2D eigenvalue weighted by atomic mass is 9.84. The molecule has 117 heavy (non-hydrogen) atoms. The molecule has 0 spiro atoms. The van der Waals surface area contributed by atoms with Crippen LogP contribution in [0.2, 0.25) is 15.1 Å². The standard InChI is InChI=1S/C79H83Cl3N12O23/c1-32(2)20-47(85-5)71(104)92-62-64(99)38-13-18-51(45(81)22-38)113-53-24-40-25-54(68(53)117-78-69(67(102)66(101)55(115-78)31-87-94-84)116-57-29-79(4,70(103)33(3)112-57)86-30-34-6-8-35(9-7-34)36-10-15-41(80)16-11-36)114-52-19-14-39(23-46(52)82)65(100)63-76(109)91-61(77(110)111)44-26-42(95)27-50(97)58(44)43-21-37(12-17-49(43)96)59(73(106)93-63)90-74(107)60(40)89-72(105)48(28-56(83)98)88-75(62)108/h6-19,21-27,32-33,47-48,55,57,59-67,69-70,78,85-86,95-97,99-103H,20,28-31H2,1-5H3,(H2,83,98)(H,88,108)(H,89,105)(H,90,107)(H,91,109)(H,92,104)(H,93,106)(H,110,111)/t33?,47-,48-,55?,57?,59?,60?,61+,62+,63-,64+,65+,66?,67?,69?,70?,78?,79?/m0/s1. The van der Waals surface area contributed by atoms with E-state index in [1.807, 2.05) is 50.2 Å². The number of phenolic OH excluding ortho intramolecular Hbond substituents is 3. The van der Waals surface area contributed by atoms with E-state index < -0.39 is 237 Å². The molecule has 18 atom stereocenters. The number of carboxylic acid groups (broad SMARTS) is 1. The molecule has 2 saturated heterocycles. The van der Waals surface area contributed by atoms with Gasteiger partial charge in [-0.2, -0.15) is 0 Å². The molecule has 0 radical (unpaired) electrons. The molecule has 0 saturated carbocycles. The number of azide groups is 1. The number of hydrogen-bond donors (Lipinski definition) is 18. The molecule has 38 heteroatoms. The van der Waals surface area contributed by atoms with Gasteiger partial charge in [-0.05, 0) is 144 Å². The van der Waals surface area contributed by atoms with Crippen molar-refractivity contribution < 1.29 is 113 Å². The van der Waals surface area contributed by atoms with Crippen LogP contribution in [0, 0.1) is 5.92 Å². The SMILES string of the molecule is CN[C@@H](CC(C)C)C(=O)N[C@H]1C(=O)N[C@@H](CC(N)=O)C(=O)NC2C(=O)NC3C(=O)N[C@H](C(=O)N[C@@H](C(=O)O)c4cc(O)cc(O)c4-c4cc3ccc4O)[C@H](O)c3ccc(c(Cl)c3)Oc3cc2cc(c3OC2OC(CN=[N+]=[N-])C(O)C(O)C2OC2CC(C)(NCc3ccc(-c4ccc(Cl)cc4)cc3)C(O)C(C)O2)Oc2ccc(cc2Cl)[C@H]1O. The predicted octanol–water partition coefficient (Wildman–Crippen LogP) is 5.58. The molecule has 7 heterocycles. The highest BCUT2D eigenvalue weighted by Gasteiger charge is 2.52. The first kappa shape index (κ1) is 85.3. The van der Waals surface area contributed by atoms with E-state index in [9.17, 15) is 75.5 Å². The summed E-state index contributed by atoms with van der Waals surface area (Å²) < 4.78 is 39.7. The molecule has 11 bridgehead atoms. The van der Waals surface area contributed by atoms with Crippen LogP contribution in [0.25, 0.3) is 32.7 Å². The highest BCUT2D eigenvalue weighted by atomic mass is 35.5. The van der Waals surface area contributed by atoms with Crippen molar-refractivity contribution in [3.63, 3.8) is 0 Å². The minimum atomic E-state index is -2.38. The summed E-state index contributed by atoms with van der Waals surface area (Å²) in [6.07, 6.45) is -18.8. The lowest BCUT2D eigenvalue weighted by molar-refractivity contribution is -0.331. The maximum atomic E-state index is 16.2. The van der Waals surface area contributed by atoms with Gasteiger partial charge in [0.25, 0.3) is 0 Å². The molecule has 7 aliphatic heterocycles. The Bertz CT molecular complexity index is 5050. The van der Waals surface area contributed by atoms with Crippen LogP contribution in [-0.4, -0.2) is 186 Å². The van der Waals surface area contributed by atoms with Gasteiger partial charge in [-0.3, -0.25) is 33.6 Å². The van der Waals surface area contributed by atoms with E-state index in [1.165, 1.54) is 19.2 Å². The minimum Gasteiger partial charge on any atom is -0.508 e. The Kier molecular flexibility index (Phi) is 26.1. The maximum absolute atomic E-state index is 16.2. The highest BCUT2D eigenvalue weighted by Crippen LogP contribution is 2.50. The number of hydrogen-bond acceptors (Lipinski definition) is 25. The van der Waals surface area contributed by atoms with E-state index in [0.717, 1.165) is 83.4 Å². The normalized spacial score (nSPS) is 26.9. The summed E-state index contributed by atoms with van der Waals surface area (Å²) in [5.41, 5.74) is 13.9. The molecular formula is C79H83Cl3N12O23. The van der Waals surface area contributed by atoms with Gasteiger partial charge in [-0.1, -0.05) is 108 Å². The lowest BCUT2D eigenvalue weighted by Crippen LogP contribution is -2.65. The Balaban J connectivity index is 1.05. The molecule has 35 nitrogen and oxygen atoms in total. The van der Waals surface area contributed by atoms with Crippen molar-refractivity contribution in [1.29, 1.82) is 0 Å². The number of carbonyl (C=O) groups excluding carboxylic acids is 7. The number of aromatic hydroxyl groups is 3. The van der Waals surface area contributed by atoms with Crippen molar-refractivity contribution in [3.05, 3.63) is 186 Å². The van der Waals surface area contributed by atoms with Gasteiger partial charge in [0.2, 0.25) is 53.4 Å². The van der Waals surface area contributed by atoms with Crippen LogP contribution in [0.4, 0.5) is 0 Å². The second kappa shape index (κ2) is 35.8. The number of carbonyl (C=O) groups is 8. The third kappa shape index (κ3) is 18.8. The number of likely N-dealkylation sites (N-methyl/N-ethyl adjacent to an activating group) is 1. The van der Waals surface area contributed by atoms with Gasteiger partial charge in [0, 0.05) is 51.2 Å². The number of ether oxygens (including phenoxy) is 6. The number of nitrogens with zero attached hydrogens (tertiary/aromatic N) is 3. The predicted molar refractivity (Wildman–Crippen MR) is 416 cm³/mol. The molecule has 19 N–H and O–H groups in total. The summed E-state index contributed by atoms with van der Waals surface area (Å²) in [6, 6.07) is 14.1. The molecule has 7 aromatic carbocycles. The quantitative estimate of drug-likeness (QED) is 0.0283. The summed E-state index contributed by atoms with van der Waals surface area (Å²) in [6.45, 7) is 6.42. The van der Waals surface area contributed by atoms with E-state index in [1.54, 1.807) is 26.0 Å². The average molecular weight is 1670 g/mol. The Morgan fingerprint density at radius 2 is 1.30 bits per heavy atom. The summed E-state index contributed by atoms with van der Waals surface area (Å²) in [5.74, 6) is -16.2. The number of rotatable bonds is 18. The summed E-state index contributed by atoms with van der Waals surface area (Å²) in [4.78, 5) is 121. The van der Waals surface area contributed by atoms with E-state index >= 15 is 14.4 Å². The van der Waals surface area contributed by atoms with Crippen molar-refractivity contribution in [2.24, 2.45) is 16.8 Å². The number of phenols is 3. The lowest BCUT2D eigenvalue weighted by Gasteiger charge is -2.48. The molecule has 2 fully saturated rings. The minimum absolute atomic E-state index is 0.112.